The highest BCUT2D eigenvalue weighted by atomic mass is 16.3. The van der Waals surface area contributed by atoms with Crippen LogP contribution in [0, 0.1) is 6.92 Å². The van der Waals surface area contributed by atoms with Gasteiger partial charge in [-0.1, -0.05) is 24.3 Å². The number of nitrogens with one attached hydrogen (secondary N) is 1. The largest absolute Gasteiger partial charge is 0.395 e. The van der Waals surface area contributed by atoms with E-state index in [1.165, 1.54) is 0 Å². The van der Waals surface area contributed by atoms with E-state index < -0.39 is 0 Å². The van der Waals surface area contributed by atoms with Gasteiger partial charge in [-0.15, -0.1) is 0 Å². The fraction of sp³-hybridized carbons (Fsp3) is 0.286. The number of aliphatic hydroxyl groups is 1. The highest BCUT2D eigenvalue weighted by Crippen LogP contribution is 2.16. The normalized spacial score (nSPS) is 10.6. The standard InChI is InChI=1S/C14H16N2O2/c1-10-3-2-4-11-5-6-12(16-14(10)11)9-13(18)15-7-8-17/h2-6,17H,7-9H2,1H3,(H,15,18). The third-order valence-electron chi connectivity index (χ3n) is 2.76. The minimum absolute atomic E-state index is 0.0456. The molecule has 0 spiro atoms. The van der Waals surface area contributed by atoms with Crippen molar-refractivity contribution in [1.29, 1.82) is 0 Å². The minimum Gasteiger partial charge on any atom is -0.395 e. The molecule has 1 heterocycles. The van der Waals surface area contributed by atoms with Gasteiger partial charge in [0.1, 0.15) is 0 Å². The van der Waals surface area contributed by atoms with Crippen molar-refractivity contribution in [2.45, 2.75) is 13.3 Å². The highest BCUT2D eigenvalue weighted by Gasteiger charge is 2.05. The topological polar surface area (TPSA) is 62.2 Å². The molecule has 0 saturated heterocycles. The molecule has 18 heavy (non-hydrogen) atoms. The molecule has 94 valence electrons. The molecule has 2 aromatic rings. The van der Waals surface area contributed by atoms with E-state index >= 15 is 0 Å². The average molecular weight is 244 g/mol. The van der Waals surface area contributed by atoms with E-state index in [1.807, 2.05) is 37.3 Å². The minimum atomic E-state index is -0.121. The number of para-hydroxylation sites is 1. The first-order chi connectivity index (χ1) is 8.70. The number of rotatable bonds is 4. The molecule has 0 atom stereocenters. The van der Waals surface area contributed by atoms with Crippen molar-refractivity contribution in [2.75, 3.05) is 13.2 Å². The van der Waals surface area contributed by atoms with Gasteiger partial charge in [0.2, 0.25) is 5.91 Å². The van der Waals surface area contributed by atoms with E-state index in [0.717, 1.165) is 22.2 Å². The summed E-state index contributed by atoms with van der Waals surface area (Å²) in [5.41, 5.74) is 2.78. The van der Waals surface area contributed by atoms with Crippen LogP contribution in [0.1, 0.15) is 11.3 Å². The molecule has 0 radical (unpaired) electrons. The number of hydrogen-bond donors (Lipinski definition) is 2. The molecule has 4 heteroatoms. The molecule has 2 rings (SSSR count). The summed E-state index contributed by atoms with van der Waals surface area (Å²) in [6.07, 6.45) is 0.240. The molecule has 0 fully saturated rings. The zero-order valence-corrected chi connectivity index (χ0v) is 10.3. The Kier molecular flexibility index (Phi) is 3.89. The molecular weight excluding hydrogens is 228 g/mol. The zero-order chi connectivity index (χ0) is 13.0. The van der Waals surface area contributed by atoms with E-state index in [4.69, 9.17) is 5.11 Å². The number of aryl methyl sites for hydroxylation is 1. The molecule has 0 bridgehead atoms. The van der Waals surface area contributed by atoms with Crippen LogP contribution in [0.15, 0.2) is 30.3 Å². The second kappa shape index (κ2) is 5.60. The number of benzene rings is 1. The number of carbonyl (C=O) groups is 1. The van der Waals surface area contributed by atoms with Gasteiger partial charge in [0.15, 0.2) is 0 Å². The predicted molar refractivity (Wildman–Crippen MR) is 70.3 cm³/mol. The summed E-state index contributed by atoms with van der Waals surface area (Å²) < 4.78 is 0. The first-order valence-corrected chi connectivity index (χ1v) is 5.93. The smallest absolute Gasteiger partial charge is 0.226 e. The summed E-state index contributed by atoms with van der Waals surface area (Å²) in [5.74, 6) is -0.121. The fourth-order valence-corrected chi connectivity index (χ4v) is 1.86. The lowest BCUT2D eigenvalue weighted by Gasteiger charge is -2.05. The number of pyridine rings is 1. The van der Waals surface area contributed by atoms with E-state index in [1.54, 1.807) is 0 Å². The average Bonchev–Trinajstić information content (AvgIpc) is 2.37. The third kappa shape index (κ3) is 2.84. The highest BCUT2D eigenvalue weighted by molar-refractivity contribution is 5.83. The Morgan fingerprint density at radius 3 is 2.94 bits per heavy atom. The molecule has 1 aromatic carbocycles. The number of carbonyl (C=O) groups excluding carboxylic acids is 1. The molecule has 0 aliphatic heterocycles. The first-order valence-electron chi connectivity index (χ1n) is 5.93. The number of fused-ring (bicyclic) bond motifs is 1. The summed E-state index contributed by atoms with van der Waals surface area (Å²) in [4.78, 5) is 16.0. The van der Waals surface area contributed by atoms with Crippen LogP contribution in [0.4, 0.5) is 0 Å². The lowest BCUT2D eigenvalue weighted by Crippen LogP contribution is -2.28. The van der Waals surface area contributed by atoms with Gasteiger partial charge >= 0.3 is 0 Å². The Morgan fingerprint density at radius 2 is 2.17 bits per heavy atom. The van der Waals surface area contributed by atoms with Gasteiger partial charge < -0.3 is 10.4 Å². The van der Waals surface area contributed by atoms with Crippen LogP contribution >= 0.6 is 0 Å². The quantitative estimate of drug-likeness (QED) is 0.849. The molecule has 1 aromatic heterocycles. The van der Waals surface area contributed by atoms with Gasteiger partial charge in [0.25, 0.3) is 0 Å². The third-order valence-corrected chi connectivity index (χ3v) is 2.76. The Labute approximate surface area is 106 Å². The Hall–Kier alpha value is -1.94. The van der Waals surface area contributed by atoms with Crippen molar-refractivity contribution < 1.29 is 9.90 Å². The molecule has 0 aliphatic carbocycles. The van der Waals surface area contributed by atoms with Crippen molar-refractivity contribution in [1.82, 2.24) is 10.3 Å². The predicted octanol–water partition coefficient (Wildman–Crippen LogP) is 1.19. The van der Waals surface area contributed by atoms with Gasteiger partial charge in [-0.3, -0.25) is 9.78 Å². The number of hydrogen-bond acceptors (Lipinski definition) is 3. The van der Waals surface area contributed by atoms with Crippen LogP contribution in [-0.2, 0) is 11.2 Å². The van der Waals surface area contributed by atoms with Crippen LogP contribution in [0.3, 0.4) is 0 Å². The van der Waals surface area contributed by atoms with Crippen molar-refractivity contribution in [2.24, 2.45) is 0 Å². The van der Waals surface area contributed by atoms with Crippen molar-refractivity contribution >= 4 is 16.8 Å². The van der Waals surface area contributed by atoms with E-state index in [9.17, 15) is 4.79 Å². The number of nitrogens with zero attached hydrogens (tertiary/aromatic N) is 1. The van der Waals surface area contributed by atoms with Crippen LogP contribution in [0.25, 0.3) is 10.9 Å². The lowest BCUT2D eigenvalue weighted by atomic mass is 10.1. The Morgan fingerprint density at radius 1 is 1.33 bits per heavy atom. The maximum atomic E-state index is 11.5. The number of aromatic nitrogens is 1. The fourth-order valence-electron chi connectivity index (χ4n) is 1.86. The molecule has 2 N–H and O–H groups in total. The van der Waals surface area contributed by atoms with Gasteiger partial charge in [-0.25, -0.2) is 0 Å². The Balaban J connectivity index is 2.19. The maximum absolute atomic E-state index is 11.5. The zero-order valence-electron chi connectivity index (χ0n) is 10.3. The monoisotopic (exact) mass is 244 g/mol. The van der Waals surface area contributed by atoms with Crippen LogP contribution in [-0.4, -0.2) is 29.1 Å². The van der Waals surface area contributed by atoms with Crippen LogP contribution in [0.5, 0.6) is 0 Å². The van der Waals surface area contributed by atoms with Crippen LogP contribution in [0.2, 0.25) is 0 Å². The van der Waals surface area contributed by atoms with Gasteiger partial charge in [0, 0.05) is 11.9 Å². The van der Waals surface area contributed by atoms with E-state index in [-0.39, 0.29) is 25.5 Å². The summed E-state index contributed by atoms with van der Waals surface area (Å²) in [5, 5.41) is 12.3. The van der Waals surface area contributed by atoms with Crippen LogP contribution < -0.4 is 5.32 Å². The molecule has 1 amide bonds. The number of aliphatic hydroxyl groups excluding tert-OH is 1. The van der Waals surface area contributed by atoms with Gasteiger partial charge in [0.05, 0.1) is 24.2 Å². The SMILES string of the molecule is Cc1cccc2ccc(CC(=O)NCCO)nc12. The maximum Gasteiger partial charge on any atom is 0.226 e. The number of amides is 1. The van der Waals surface area contributed by atoms with Crippen molar-refractivity contribution in [3.05, 3.63) is 41.6 Å². The van der Waals surface area contributed by atoms with Crippen molar-refractivity contribution in [3.8, 4) is 0 Å². The molecule has 4 nitrogen and oxygen atoms in total. The second-order valence-corrected chi connectivity index (χ2v) is 4.20. The van der Waals surface area contributed by atoms with Gasteiger partial charge in [-0.05, 0) is 18.6 Å². The second-order valence-electron chi connectivity index (χ2n) is 4.20. The lowest BCUT2D eigenvalue weighted by molar-refractivity contribution is -0.120. The molecule has 0 saturated carbocycles. The first kappa shape index (κ1) is 12.5. The summed E-state index contributed by atoms with van der Waals surface area (Å²) in [7, 11) is 0. The summed E-state index contributed by atoms with van der Waals surface area (Å²) in [6.45, 7) is 2.24. The van der Waals surface area contributed by atoms with Gasteiger partial charge in [-0.2, -0.15) is 0 Å². The molecular formula is C14H16N2O2. The molecule has 0 unspecified atom stereocenters. The summed E-state index contributed by atoms with van der Waals surface area (Å²) >= 11 is 0. The van der Waals surface area contributed by atoms with Crippen molar-refractivity contribution in [3.63, 3.8) is 0 Å². The Bertz CT molecular complexity index is 567. The van der Waals surface area contributed by atoms with E-state index in [2.05, 4.69) is 10.3 Å². The molecule has 0 aliphatic rings. The summed E-state index contributed by atoms with van der Waals surface area (Å²) in [6, 6.07) is 9.84. The van der Waals surface area contributed by atoms with E-state index in [0.29, 0.717) is 0 Å².